The minimum atomic E-state index is -1.08. The molecule has 1 aliphatic heterocycles. The van der Waals surface area contributed by atoms with Crippen molar-refractivity contribution in [3.05, 3.63) is 0 Å². The number of carbonyl (C=O) groups excluding carboxylic acids is 1. The fourth-order valence-electron chi connectivity index (χ4n) is 2.42. The number of piperidine rings is 1. The van der Waals surface area contributed by atoms with Gasteiger partial charge in [0, 0.05) is 5.97 Å². The topological polar surface area (TPSA) is 44.6 Å². The van der Waals surface area contributed by atoms with Crippen LogP contribution in [0.25, 0.3) is 0 Å². The molecular weight excluding hydrogens is 202 g/mol. The Morgan fingerprint density at radius 1 is 1.38 bits per heavy atom. The molecule has 1 saturated heterocycles. The van der Waals surface area contributed by atoms with Gasteiger partial charge < -0.3 is 14.8 Å². The van der Waals surface area contributed by atoms with E-state index in [0.717, 1.165) is 13.0 Å². The fourth-order valence-corrected chi connectivity index (χ4v) is 2.42. The third-order valence-corrected chi connectivity index (χ3v) is 3.24. The standard InChI is InChI=1S/C11H23N.C2H4O2/c1-3-5-8-11-9-6-7-10-12(11)4-2;1-2(3)4/h11H,3-10H2,1-2H3;1H3,(H,3,4). The highest BCUT2D eigenvalue weighted by Crippen LogP contribution is 2.09. The Morgan fingerprint density at radius 3 is 2.50 bits per heavy atom. The van der Waals surface area contributed by atoms with Gasteiger partial charge in [0.1, 0.15) is 0 Å². The third kappa shape index (κ3) is 7.69. The Kier molecular flexibility index (Phi) is 9.30. The van der Waals surface area contributed by atoms with Crippen LogP contribution in [0.4, 0.5) is 0 Å². The van der Waals surface area contributed by atoms with E-state index < -0.39 is 5.97 Å². The molecule has 0 aromatic rings. The molecule has 2 unspecified atom stereocenters. The predicted octanol–water partition coefficient (Wildman–Crippen LogP) is 0.390. The lowest BCUT2D eigenvalue weighted by Gasteiger charge is -2.31. The maximum absolute atomic E-state index is 8.89. The van der Waals surface area contributed by atoms with Gasteiger partial charge in [-0.25, -0.2) is 0 Å². The fraction of sp³-hybridized carbons (Fsp3) is 0.923. The molecule has 0 bridgehead atoms. The molecular formula is C13H27NO2. The number of carboxylic acids is 1. The van der Waals surface area contributed by atoms with Crippen LogP contribution in [0.1, 0.15) is 59.3 Å². The van der Waals surface area contributed by atoms with E-state index in [0.29, 0.717) is 0 Å². The summed E-state index contributed by atoms with van der Waals surface area (Å²) in [5.41, 5.74) is 0. The number of rotatable bonds is 4. The molecule has 1 aliphatic rings. The summed E-state index contributed by atoms with van der Waals surface area (Å²) in [6, 6.07) is 1.00. The van der Waals surface area contributed by atoms with E-state index in [9.17, 15) is 0 Å². The van der Waals surface area contributed by atoms with Crippen LogP contribution in [0.3, 0.4) is 0 Å². The molecule has 96 valence electrons. The SMILES string of the molecule is CC(=O)[O-].CCCCC1CCCC[NH+]1CC. The number of carboxylic acid groups (broad SMARTS) is 1. The number of hydrogen-bond donors (Lipinski definition) is 1. The van der Waals surface area contributed by atoms with Gasteiger partial charge in [0.25, 0.3) is 0 Å². The maximum Gasteiger partial charge on any atom is 0.0874 e. The molecule has 16 heavy (non-hydrogen) atoms. The van der Waals surface area contributed by atoms with Crippen molar-refractivity contribution in [1.29, 1.82) is 0 Å². The van der Waals surface area contributed by atoms with Gasteiger partial charge in [0.2, 0.25) is 0 Å². The lowest BCUT2D eigenvalue weighted by atomic mass is 9.97. The van der Waals surface area contributed by atoms with E-state index in [-0.39, 0.29) is 0 Å². The lowest BCUT2D eigenvalue weighted by Crippen LogP contribution is -3.16. The van der Waals surface area contributed by atoms with Crippen molar-refractivity contribution in [2.24, 2.45) is 0 Å². The number of nitrogens with one attached hydrogen (secondary N) is 1. The quantitative estimate of drug-likeness (QED) is 0.758. The Bertz CT molecular complexity index is 179. The van der Waals surface area contributed by atoms with Crippen LogP contribution in [0, 0.1) is 0 Å². The van der Waals surface area contributed by atoms with Crippen LogP contribution in [0.15, 0.2) is 0 Å². The first-order valence-corrected chi connectivity index (χ1v) is 6.63. The first-order valence-electron chi connectivity index (χ1n) is 6.63. The number of aliphatic carboxylic acids is 1. The third-order valence-electron chi connectivity index (χ3n) is 3.24. The molecule has 0 radical (unpaired) electrons. The van der Waals surface area contributed by atoms with Crippen LogP contribution < -0.4 is 10.0 Å². The minimum absolute atomic E-state index is 0.972. The van der Waals surface area contributed by atoms with Gasteiger partial charge in [0.05, 0.1) is 19.1 Å². The average molecular weight is 229 g/mol. The van der Waals surface area contributed by atoms with E-state index in [2.05, 4.69) is 13.8 Å². The molecule has 0 saturated carbocycles. The van der Waals surface area contributed by atoms with Crippen molar-refractivity contribution >= 4 is 5.97 Å². The van der Waals surface area contributed by atoms with Crippen molar-refractivity contribution in [1.82, 2.24) is 0 Å². The molecule has 0 aromatic heterocycles. The second-order valence-corrected chi connectivity index (χ2v) is 4.59. The van der Waals surface area contributed by atoms with Crippen LogP contribution in [-0.4, -0.2) is 25.1 Å². The second kappa shape index (κ2) is 9.64. The van der Waals surface area contributed by atoms with E-state index in [1.165, 1.54) is 51.6 Å². The average Bonchev–Trinajstić information content (AvgIpc) is 2.26. The number of carbonyl (C=O) groups is 1. The van der Waals surface area contributed by atoms with Crippen LogP contribution in [-0.2, 0) is 4.79 Å². The van der Waals surface area contributed by atoms with Gasteiger partial charge in [-0.3, -0.25) is 0 Å². The monoisotopic (exact) mass is 229 g/mol. The highest BCUT2D eigenvalue weighted by atomic mass is 16.4. The van der Waals surface area contributed by atoms with Crippen LogP contribution >= 0.6 is 0 Å². The lowest BCUT2D eigenvalue weighted by molar-refractivity contribution is -0.929. The summed E-state index contributed by atoms with van der Waals surface area (Å²) < 4.78 is 0. The van der Waals surface area contributed by atoms with Crippen molar-refractivity contribution in [2.45, 2.75) is 65.3 Å². The van der Waals surface area contributed by atoms with Crippen molar-refractivity contribution in [3.63, 3.8) is 0 Å². The van der Waals surface area contributed by atoms with Gasteiger partial charge in [-0.15, -0.1) is 0 Å². The van der Waals surface area contributed by atoms with Crippen molar-refractivity contribution < 1.29 is 14.8 Å². The summed E-state index contributed by atoms with van der Waals surface area (Å²) in [4.78, 5) is 10.8. The van der Waals surface area contributed by atoms with E-state index in [1.807, 2.05) is 4.90 Å². The molecule has 3 heteroatoms. The van der Waals surface area contributed by atoms with E-state index in [4.69, 9.17) is 9.90 Å². The first-order chi connectivity index (χ1) is 7.61. The maximum atomic E-state index is 8.89. The second-order valence-electron chi connectivity index (χ2n) is 4.59. The van der Waals surface area contributed by atoms with Gasteiger partial charge in [-0.05, 0) is 46.0 Å². The largest absolute Gasteiger partial charge is 0.550 e. The highest BCUT2D eigenvalue weighted by molar-refractivity contribution is 5.60. The van der Waals surface area contributed by atoms with Gasteiger partial charge in [-0.2, -0.15) is 0 Å². The Hall–Kier alpha value is -0.570. The van der Waals surface area contributed by atoms with Crippen LogP contribution in [0.2, 0.25) is 0 Å². The normalized spacial score (nSPS) is 24.4. The van der Waals surface area contributed by atoms with Gasteiger partial charge in [-0.1, -0.05) is 13.3 Å². The Labute approximate surface area is 99.8 Å². The molecule has 1 N–H and O–H groups in total. The Balaban J connectivity index is 0.000000487. The molecule has 2 atom stereocenters. The molecule has 3 nitrogen and oxygen atoms in total. The zero-order valence-electron chi connectivity index (χ0n) is 11.1. The summed E-state index contributed by atoms with van der Waals surface area (Å²) >= 11 is 0. The summed E-state index contributed by atoms with van der Waals surface area (Å²) in [5.74, 6) is -1.08. The first kappa shape index (κ1) is 15.4. The number of quaternary nitrogens is 1. The zero-order valence-corrected chi connectivity index (χ0v) is 11.1. The molecule has 1 fully saturated rings. The van der Waals surface area contributed by atoms with E-state index in [1.54, 1.807) is 0 Å². The summed E-state index contributed by atoms with van der Waals surface area (Å²) in [5, 5.41) is 8.89. The Morgan fingerprint density at radius 2 is 2.00 bits per heavy atom. The highest BCUT2D eigenvalue weighted by Gasteiger charge is 2.23. The molecule has 0 aliphatic carbocycles. The molecule has 1 rings (SSSR count). The van der Waals surface area contributed by atoms with Crippen molar-refractivity contribution in [3.8, 4) is 0 Å². The summed E-state index contributed by atoms with van der Waals surface area (Å²) in [6.45, 7) is 8.38. The van der Waals surface area contributed by atoms with Gasteiger partial charge in [0.15, 0.2) is 0 Å². The van der Waals surface area contributed by atoms with E-state index >= 15 is 0 Å². The predicted molar refractivity (Wildman–Crippen MR) is 64.2 cm³/mol. The number of likely N-dealkylation sites (tertiary alicyclic amines) is 1. The zero-order chi connectivity index (χ0) is 12.4. The molecule has 0 aromatic carbocycles. The number of unbranched alkanes of at least 4 members (excludes halogenated alkanes) is 1. The van der Waals surface area contributed by atoms with Gasteiger partial charge >= 0.3 is 0 Å². The van der Waals surface area contributed by atoms with Crippen LogP contribution in [0.5, 0.6) is 0 Å². The molecule has 0 spiro atoms. The molecule has 1 heterocycles. The summed E-state index contributed by atoms with van der Waals surface area (Å²) in [6.07, 6.45) is 8.72. The molecule has 0 amide bonds. The number of hydrogen-bond acceptors (Lipinski definition) is 2. The minimum Gasteiger partial charge on any atom is -0.550 e. The summed E-state index contributed by atoms with van der Waals surface area (Å²) in [7, 11) is 0. The smallest absolute Gasteiger partial charge is 0.0874 e. The van der Waals surface area contributed by atoms with Crippen molar-refractivity contribution in [2.75, 3.05) is 13.1 Å².